The van der Waals surface area contributed by atoms with Gasteiger partial charge in [-0.1, -0.05) is 6.07 Å². The molecule has 1 aliphatic heterocycles. The average molecular weight is 450 g/mol. The number of aromatic nitrogens is 3. The van der Waals surface area contributed by atoms with Crippen LogP contribution in [0.25, 0.3) is 16.7 Å². The zero-order valence-corrected chi connectivity index (χ0v) is 15.4. The van der Waals surface area contributed by atoms with Gasteiger partial charge in [0.05, 0.1) is 24.3 Å². The van der Waals surface area contributed by atoms with Gasteiger partial charge < -0.3 is 14.7 Å². The molecule has 8 heteroatoms. The summed E-state index contributed by atoms with van der Waals surface area (Å²) in [7, 11) is 0. The number of ether oxygens (including phenoxy) is 1. The molecule has 4 rings (SSSR count). The van der Waals surface area contributed by atoms with Gasteiger partial charge in [-0.15, -0.1) is 0 Å². The Hall–Kier alpha value is -2.20. The van der Waals surface area contributed by atoms with Gasteiger partial charge >= 0.3 is 5.97 Å². The molecule has 0 aliphatic carbocycles. The predicted octanol–water partition coefficient (Wildman–Crippen LogP) is 2.56. The van der Waals surface area contributed by atoms with Crippen molar-refractivity contribution in [2.45, 2.75) is 0 Å². The molecule has 25 heavy (non-hydrogen) atoms. The number of hydrogen-bond acceptors (Lipinski definition) is 5. The molecule has 0 saturated carbocycles. The number of nitrogens with zero attached hydrogens (tertiary/aromatic N) is 4. The van der Waals surface area contributed by atoms with Crippen LogP contribution in [0.1, 0.15) is 10.5 Å². The van der Waals surface area contributed by atoms with Crippen LogP contribution in [0.3, 0.4) is 0 Å². The van der Waals surface area contributed by atoms with E-state index in [1.54, 1.807) is 10.7 Å². The predicted molar refractivity (Wildman–Crippen MR) is 102 cm³/mol. The lowest BCUT2D eigenvalue weighted by Gasteiger charge is -2.27. The van der Waals surface area contributed by atoms with Crippen LogP contribution in [-0.2, 0) is 4.74 Å². The van der Waals surface area contributed by atoms with Crippen molar-refractivity contribution < 1.29 is 14.6 Å². The third-order valence-electron chi connectivity index (χ3n) is 4.11. The Bertz CT molecular complexity index is 950. The molecule has 3 aromatic rings. The summed E-state index contributed by atoms with van der Waals surface area (Å²) < 4.78 is 8.03. The summed E-state index contributed by atoms with van der Waals surface area (Å²) in [6, 6.07) is 11.4. The number of carboxylic acids is 1. The molecule has 0 atom stereocenters. The lowest BCUT2D eigenvalue weighted by Crippen LogP contribution is -2.36. The van der Waals surface area contributed by atoms with Crippen molar-refractivity contribution in [1.82, 2.24) is 14.8 Å². The summed E-state index contributed by atoms with van der Waals surface area (Å²) in [5.74, 6) is -0.255. The Kier molecular flexibility index (Phi) is 4.30. The zero-order valence-electron chi connectivity index (χ0n) is 13.2. The lowest BCUT2D eigenvalue weighted by molar-refractivity contribution is 0.0692. The largest absolute Gasteiger partial charge is 0.476 e. The van der Waals surface area contributed by atoms with Gasteiger partial charge in [0.25, 0.3) is 0 Å². The number of halogens is 1. The van der Waals surface area contributed by atoms with Gasteiger partial charge in [-0.05, 0) is 52.9 Å². The molecular formula is C17H15IN4O3. The van der Waals surface area contributed by atoms with Crippen LogP contribution in [0.15, 0.2) is 36.4 Å². The summed E-state index contributed by atoms with van der Waals surface area (Å²) >= 11 is 2.22. The highest BCUT2D eigenvalue weighted by Gasteiger charge is 2.21. The van der Waals surface area contributed by atoms with Gasteiger partial charge in [0.15, 0.2) is 11.3 Å². The summed E-state index contributed by atoms with van der Waals surface area (Å²) in [6.07, 6.45) is 0. The first-order valence-corrected chi connectivity index (χ1v) is 8.93. The number of anilines is 1. The molecule has 0 radical (unpaired) electrons. The maximum Gasteiger partial charge on any atom is 0.357 e. The Balaban J connectivity index is 1.89. The fourth-order valence-electron chi connectivity index (χ4n) is 2.90. The van der Waals surface area contributed by atoms with Crippen LogP contribution in [0.5, 0.6) is 0 Å². The number of hydrogen-bond donors (Lipinski definition) is 1. The number of carbonyl (C=O) groups is 1. The molecule has 0 bridgehead atoms. The van der Waals surface area contributed by atoms with Crippen molar-refractivity contribution >= 4 is 45.4 Å². The summed E-state index contributed by atoms with van der Waals surface area (Å²) in [5.41, 5.74) is 1.34. The minimum absolute atomic E-state index is 0.00916. The topological polar surface area (TPSA) is 80.5 Å². The maximum absolute atomic E-state index is 11.6. The fraction of sp³-hybridized carbons (Fsp3) is 0.235. The van der Waals surface area contributed by atoms with Gasteiger partial charge in [0, 0.05) is 16.7 Å². The van der Waals surface area contributed by atoms with E-state index in [9.17, 15) is 9.90 Å². The number of carboxylic acid groups (broad SMARTS) is 1. The van der Waals surface area contributed by atoms with Crippen LogP contribution >= 0.6 is 22.6 Å². The minimum atomic E-state index is -1.06. The number of aromatic carboxylic acids is 1. The van der Waals surface area contributed by atoms with E-state index in [-0.39, 0.29) is 5.69 Å². The summed E-state index contributed by atoms with van der Waals surface area (Å²) in [6.45, 7) is 2.86. The molecule has 1 aliphatic rings. The van der Waals surface area contributed by atoms with Crippen molar-refractivity contribution in [3.8, 4) is 5.69 Å². The first kappa shape index (κ1) is 16.3. The molecule has 1 aromatic carbocycles. The third kappa shape index (κ3) is 3.07. The molecule has 0 unspecified atom stereocenters. The Labute approximate surface area is 157 Å². The first-order valence-electron chi connectivity index (χ1n) is 7.85. The van der Waals surface area contributed by atoms with E-state index in [2.05, 4.69) is 32.6 Å². The van der Waals surface area contributed by atoms with Crippen molar-refractivity contribution in [2.24, 2.45) is 0 Å². The van der Waals surface area contributed by atoms with Gasteiger partial charge in [0.1, 0.15) is 5.82 Å². The summed E-state index contributed by atoms with van der Waals surface area (Å²) in [4.78, 5) is 18.4. The number of pyridine rings is 1. The standard InChI is InChI=1S/C17H15IN4O3/c18-11-2-1-3-12(10-11)22-16-13(15(20-22)17(23)24)4-5-14(19-16)21-6-8-25-9-7-21/h1-5,10H,6-9H2,(H,23,24). The van der Waals surface area contributed by atoms with E-state index in [1.165, 1.54) is 0 Å². The molecule has 1 fully saturated rings. The molecule has 0 amide bonds. The number of benzene rings is 1. The minimum Gasteiger partial charge on any atom is -0.476 e. The van der Waals surface area contributed by atoms with Gasteiger partial charge in [0.2, 0.25) is 0 Å². The van der Waals surface area contributed by atoms with Gasteiger partial charge in [-0.25, -0.2) is 14.5 Å². The first-order chi connectivity index (χ1) is 12.1. The van der Waals surface area contributed by atoms with E-state index < -0.39 is 5.97 Å². The van der Waals surface area contributed by atoms with Crippen LogP contribution in [0.4, 0.5) is 5.82 Å². The van der Waals surface area contributed by atoms with E-state index >= 15 is 0 Å². The molecule has 0 spiro atoms. The molecule has 1 saturated heterocycles. The van der Waals surface area contributed by atoms with E-state index in [0.717, 1.165) is 28.2 Å². The second-order valence-electron chi connectivity index (χ2n) is 5.69. The smallest absolute Gasteiger partial charge is 0.357 e. The van der Waals surface area contributed by atoms with Crippen molar-refractivity contribution in [3.05, 3.63) is 45.7 Å². The molecule has 7 nitrogen and oxygen atoms in total. The van der Waals surface area contributed by atoms with E-state index in [4.69, 9.17) is 9.72 Å². The Morgan fingerprint density at radius 2 is 2.00 bits per heavy atom. The molecule has 1 N–H and O–H groups in total. The number of morpholine rings is 1. The molecule has 3 heterocycles. The van der Waals surface area contributed by atoms with Crippen LogP contribution in [-0.4, -0.2) is 52.1 Å². The average Bonchev–Trinajstić information content (AvgIpc) is 3.01. The summed E-state index contributed by atoms with van der Waals surface area (Å²) in [5, 5.41) is 14.3. The molecule has 128 valence electrons. The van der Waals surface area contributed by atoms with Crippen LogP contribution in [0.2, 0.25) is 0 Å². The second-order valence-corrected chi connectivity index (χ2v) is 6.93. The van der Waals surface area contributed by atoms with Crippen LogP contribution < -0.4 is 4.90 Å². The number of fused-ring (bicyclic) bond motifs is 1. The van der Waals surface area contributed by atoms with Crippen molar-refractivity contribution in [3.63, 3.8) is 0 Å². The zero-order chi connectivity index (χ0) is 17.4. The molecular weight excluding hydrogens is 435 g/mol. The third-order valence-corrected chi connectivity index (χ3v) is 4.78. The fourth-order valence-corrected chi connectivity index (χ4v) is 3.43. The van der Waals surface area contributed by atoms with E-state index in [0.29, 0.717) is 24.2 Å². The Morgan fingerprint density at radius 3 is 2.72 bits per heavy atom. The van der Waals surface area contributed by atoms with Crippen molar-refractivity contribution in [1.29, 1.82) is 0 Å². The van der Waals surface area contributed by atoms with Gasteiger partial charge in [-0.3, -0.25) is 0 Å². The monoisotopic (exact) mass is 450 g/mol. The number of rotatable bonds is 3. The highest BCUT2D eigenvalue weighted by atomic mass is 127. The highest BCUT2D eigenvalue weighted by Crippen LogP contribution is 2.25. The lowest BCUT2D eigenvalue weighted by atomic mass is 10.2. The Morgan fingerprint density at radius 1 is 1.20 bits per heavy atom. The second kappa shape index (κ2) is 6.60. The van der Waals surface area contributed by atoms with E-state index in [1.807, 2.05) is 30.3 Å². The quantitative estimate of drug-likeness (QED) is 0.618. The van der Waals surface area contributed by atoms with Crippen LogP contribution in [0, 0.1) is 3.57 Å². The van der Waals surface area contributed by atoms with Gasteiger partial charge in [-0.2, -0.15) is 5.10 Å². The molecule has 2 aromatic heterocycles. The van der Waals surface area contributed by atoms with Crippen molar-refractivity contribution in [2.75, 3.05) is 31.2 Å². The highest BCUT2D eigenvalue weighted by molar-refractivity contribution is 14.1. The maximum atomic E-state index is 11.6. The normalized spacial score (nSPS) is 14.8. The SMILES string of the molecule is O=C(O)c1nn(-c2cccc(I)c2)c2nc(N3CCOCC3)ccc12.